The van der Waals surface area contributed by atoms with E-state index in [1.54, 1.807) is 6.92 Å². The molecule has 1 atom stereocenters. The summed E-state index contributed by atoms with van der Waals surface area (Å²) in [4.78, 5) is 10.5. The van der Waals surface area contributed by atoms with Crippen LogP contribution < -0.4 is 5.82 Å². The molecule has 0 amide bonds. The van der Waals surface area contributed by atoms with E-state index >= 15 is 0 Å². The van der Waals surface area contributed by atoms with Gasteiger partial charge < -0.3 is 8.83 Å². The predicted octanol–water partition coefficient (Wildman–Crippen LogP) is 1.37. The van der Waals surface area contributed by atoms with Crippen LogP contribution in [0.3, 0.4) is 0 Å². The van der Waals surface area contributed by atoms with Gasteiger partial charge in [-0.15, -0.1) is 0 Å². The fourth-order valence-electron chi connectivity index (χ4n) is 0.730. The third-order valence-electron chi connectivity index (χ3n) is 1.21. The molecule has 0 aromatic carbocycles. The van der Waals surface area contributed by atoms with Crippen LogP contribution in [0.4, 0.5) is 0 Å². The summed E-state index contributed by atoms with van der Waals surface area (Å²) < 4.78 is 9.44. The van der Waals surface area contributed by atoms with Crippen molar-refractivity contribution in [2.45, 2.75) is 12.7 Å². The SMILES string of the molecule is C=S(C)Cc1oc(=O)oc1C. The second kappa shape index (κ2) is 3.09. The number of hydrogen-bond donors (Lipinski definition) is 0. The molecule has 4 heteroatoms. The number of rotatable bonds is 2. The first-order valence-electron chi connectivity index (χ1n) is 3.11. The molecular weight excluding hydrogens is 164 g/mol. The fraction of sp³-hybridized carbons (Fsp3) is 0.429. The lowest BCUT2D eigenvalue weighted by atomic mass is 10.4. The van der Waals surface area contributed by atoms with Gasteiger partial charge in [-0.2, -0.15) is 10.5 Å². The second-order valence-corrected chi connectivity index (χ2v) is 4.21. The molecule has 0 aliphatic heterocycles. The predicted molar refractivity (Wildman–Crippen MR) is 46.3 cm³/mol. The van der Waals surface area contributed by atoms with Crippen LogP contribution >= 0.6 is 10.5 Å². The molecule has 1 unspecified atom stereocenters. The van der Waals surface area contributed by atoms with Crippen LogP contribution in [0.25, 0.3) is 0 Å². The standard InChI is InChI=1S/C7H10O3S/c1-5-6(4-11(2)3)10-7(8)9-5/h2,4H2,1,3H3. The van der Waals surface area contributed by atoms with Gasteiger partial charge in [0, 0.05) is 5.75 Å². The average Bonchev–Trinajstić information content (AvgIpc) is 2.09. The maximum atomic E-state index is 10.5. The first kappa shape index (κ1) is 8.33. The minimum absolute atomic E-state index is 0.00613. The smallest absolute Gasteiger partial charge is 0.396 e. The first-order valence-corrected chi connectivity index (χ1v) is 5.08. The van der Waals surface area contributed by atoms with Crippen molar-refractivity contribution >= 4 is 16.4 Å². The lowest BCUT2D eigenvalue weighted by Gasteiger charge is -1.94. The van der Waals surface area contributed by atoms with Gasteiger partial charge in [-0.1, -0.05) is 5.87 Å². The van der Waals surface area contributed by atoms with Gasteiger partial charge in [0.15, 0.2) is 5.76 Å². The minimum atomic E-state index is -0.622. The molecule has 0 fully saturated rings. The van der Waals surface area contributed by atoms with Gasteiger partial charge >= 0.3 is 5.82 Å². The lowest BCUT2D eigenvalue weighted by molar-refractivity contribution is 0.372. The molecule has 0 aliphatic carbocycles. The molecule has 0 spiro atoms. The summed E-state index contributed by atoms with van der Waals surface area (Å²) >= 11 is 0. The van der Waals surface area contributed by atoms with Crippen LogP contribution in [0.5, 0.6) is 0 Å². The molecule has 1 rings (SSSR count). The highest BCUT2D eigenvalue weighted by atomic mass is 32.2. The van der Waals surface area contributed by atoms with Crippen molar-refractivity contribution in [2.75, 3.05) is 6.26 Å². The highest BCUT2D eigenvalue weighted by molar-refractivity contribution is 8.12. The summed E-state index contributed by atoms with van der Waals surface area (Å²) in [5, 5.41) is 0. The number of aryl methyl sites for hydroxylation is 1. The Morgan fingerprint density at radius 3 is 2.55 bits per heavy atom. The summed E-state index contributed by atoms with van der Waals surface area (Å²) in [5.74, 6) is 5.05. The Bertz CT molecular complexity index is 321. The zero-order valence-corrected chi connectivity index (χ0v) is 7.36. The van der Waals surface area contributed by atoms with Gasteiger partial charge in [0.2, 0.25) is 0 Å². The van der Waals surface area contributed by atoms with Crippen molar-refractivity contribution in [1.82, 2.24) is 0 Å². The van der Waals surface area contributed by atoms with Crippen LogP contribution in [0, 0.1) is 6.92 Å². The van der Waals surface area contributed by atoms with E-state index in [4.69, 9.17) is 4.42 Å². The fourth-order valence-corrected chi connectivity index (χ4v) is 1.44. The van der Waals surface area contributed by atoms with Gasteiger partial charge in [0.05, 0.1) is 0 Å². The van der Waals surface area contributed by atoms with E-state index in [9.17, 15) is 4.79 Å². The third kappa shape index (κ3) is 2.08. The van der Waals surface area contributed by atoms with E-state index in [2.05, 4.69) is 10.3 Å². The quantitative estimate of drug-likeness (QED) is 0.636. The molecule has 11 heavy (non-hydrogen) atoms. The normalized spacial score (nSPS) is 13.3. The average molecular weight is 174 g/mol. The molecule has 0 saturated carbocycles. The highest BCUT2D eigenvalue weighted by Gasteiger charge is 2.06. The van der Waals surface area contributed by atoms with Crippen molar-refractivity contribution in [3.63, 3.8) is 0 Å². The van der Waals surface area contributed by atoms with Crippen molar-refractivity contribution in [1.29, 1.82) is 0 Å². The zero-order valence-electron chi connectivity index (χ0n) is 6.55. The minimum Gasteiger partial charge on any atom is -0.396 e. The summed E-state index contributed by atoms with van der Waals surface area (Å²) in [5.41, 5.74) is 0. The van der Waals surface area contributed by atoms with Gasteiger partial charge in [0.25, 0.3) is 0 Å². The van der Waals surface area contributed by atoms with Crippen LogP contribution in [0.2, 0.25) is 0 Å². The monoisotopic (exact) mass is 174 g/mol. The van der Waals surface area contributed by atoms with Crippen molar-refractivity contribution in [3.05, 3.63) is 22.1 Å². The molecule has 3 nitrogen and oxygen atoms in total. The molecule has 0 radical (unpaired) electrons. The Hall–Kier alpha value is -0.770. The highest BCUT2D eigenvalue weighted by Crippen LogP contribution is 2.15. The molecule has 1 heterocycles. The molecule has 1 aromatic heterocycles. The Morgan fingerprint density at radius 2 is 2.18 bits per heavy atom. The van der Waals surface area contributed by atoms with E-state index in [1.165, 1.54) is 0 Å². The van der Waals surface area contributed by atoms with Crippen molar-refractivity contribution < 1.29 is 8.83 Å². The van der Waals surface area contributed by atoms with E-state index < -0.39 is 5.82 Å². The Balaban J connectivity index is 2.94. The second-order valence-electron chi connectivity index (χ2n) is 2.36. The van der Waals surface area contributed by atoms with Crippen LogP contribution in [0.1, 0.15) is 11.5 Å². The maximum Gasteiger partial charge on any atom is 0.519 e. The van der Waals surface area contributed by atoms with Crippen molar-refractivity contribution in [2.24, 2.45) is 0 Å². The molecule has 1 aromatic rings. The molecule has 0 saturated heterocycles. The summed E-state index contributed by atoms with van der Waals surface area (Å²) in [6, 6.07) is 0. The van der Waals surface area contributed by atoms with E-state index in [0.717, 1.165) is 0 Å². The van der Waals surface area contributed by atoms with Gasteiger partial charge in [-0.3, -0.25) is 0 Å². The number of hydrogen-bond acceptors (Lipinski definition) is 3. The lowest BCUT2D eigenvalue weighted by Crippen LogP contribution is -1.86. The Morgan fingerprint density at radius 1 is 1.55 bits per heavy atom. The molecule has 0 aliphatic rings. The van der Waals surface area contributed by atoms with Crippen molar-refractivity contribution in [3.8, 4) is 0 Å². The Labute approximate surface area is 66.9 Å². The largest absolute Gasteiger partial charge is 0.519 e. The van der Waals surface area contributed by atoms with E-state index in [1.807, 2.05) is 6.26 Å². The van der Waals surface area contributed by atoms with Crippen LogP contribution in [-0.4, -0.2) is 12.1 Å². The van der Waals surface area contributed by atoms with E-state index in [0.29, 0.717) is 17.3 Å². The summed E-state index contributed by atoms with van der Waals surface area (Å²) in [7, 11) is -0.00613. The molecular formula is C7H10O3S. The third-order valence-corrected chi connectivity index (χ3v) is 1.97. The Kier molecular flexibility index (Phi) is 2.34. The van der Waals surface area contributed by atoms with E-state index in [-0.39, 0.29) is 10.5 Å². The van der Waals surface area contributed by atoms with Gasteiger partial charge in [-0.05, 0) is 13.2 Å². The topological polar surface area (TPSA) is 43.4 Å². The maximum absolute atomic E-state index is 10.5. The summed E-state index contributed by atoms with van der Waals surface area (Å²) in [6.45, 7) is 1.72. The molecule has 0 N–H and O–H groups in total. The molecule has 62 valence electrons. The summed E-state index contributed by atoms with van der Waals surface area (Å²) in [6.07, 6.45) is 1.98. The van der Waals surface area contributed by atoms with Crippen LogP contribution in [-0.2, 0) is 5.75 Å². The first-order chi connectivity index (χ1) is 5.09. The van der Waals surface area contributed by atoms with Gasteiger partial charge in [0.1, 0.15) is 5.76 Å². The van der Waals surface area contributed by atoms with Crippen LogP contribution in [0.15, 0.2) is 13.6 Å². The zero-order chi connectivity index (χ0) is 8.43. The molecule has 0 bridgehead atoms. The van der Waals surface area contributed by atoms with Gasteiger partial charge in [-0.25, -0.2) is 4.79 Å².